The van der Waals surface area contributed by atoms with E-state index in [1.165, 1.54) is 33.3 Å². The molecule has 0 radical (unpaired) electrons. The zero-order valence-corrected chi connectivity index (χ0v) is 18.4. The largest absolute Gasteiger partial charge is 0.335 e. The maximum Gasteiger partial charge on any atom is 0.275 e. The number of hydrogen-bond acceptors (Lipinski definition) is 5. The van der Waals surface area contributed by atoms with E-state index in [1.807, 2.05) is 0 Å². The van der Waals surface area contributed by atoms with E-state index in [4.69, 9.17) is 11.6 Å². The summed E-state index contributed by atoms with van der Waals surface area (Å²) in [6.07, 6.45) is 0. The van der Waals surface area contributed by atoms with E-state index in [0.29, 0.717) is 22.3 Å². The highest BCUT2D eigenvalue weighted by Gasteiger charge is 2.31. The van der Waals surface area contributed by atoms with Gasteiger partial charge in [0.25, 0.3) is 11.5 Å². The molecule has 3 aromatic rings. The monoisotopic (exact) mass is 460 g/mol. The summed E-state index contributed by atoms with van der Waals surface area (Å²) in [5.74, 6) is -0.318. The first-order chi connectivity index (χ1) is 14.8. The van der Waals surface area contributed by atoms with E-state index in [-0.39, 0.29) is 48.2 Å². The number of aromatic nitrogens is 2. The molecule has 1 saturated heterocycles. The predicted octanol–water partition coefficient (Wildman–Crippen LogP) is 2.22. The minimum atomic E-state index is -3.67. The lowest BCUT2D eigenvalue weighted by atomic mass is 10.1. The highest BCUT2D eigenvalue weighted by Crippen LogP contribution is 2.21. The van der Waals surface area contributed by atoms with E-state index in [2.05, 4.69) is 5.10 Å². The van der Waals surface area contributed by atoms with E-state index in [1.54, 1.807) is 36.1 Å². The molecule has 0 N–H and O–H groups in total. The van der Waals surface area contributed by atoms with Crippen LogP contribution in [0.5, 0.6) is 0 Å². The molecule has 2 heterocycles. The molecule has 1 amide bonds. The number of carbonyl (C=O) groups excluding carboxylic acids is 1. The van der Waals surface area contributed by atoms with Crippen LogP contribution in [0.2, 0.25) is 5.02 Å². The van der Waals surface area contributed by atoms with Gasteiger partial charge in [-0.3, -0.25) is 9.59 Å². The fourth-order valence-electron chi connectivity index (χ4n) is 3.64. The minimum Gasteiger partial charge on any atom is -0.335 e. The molecular formula is C21H21ClN4O4S. The number of nitrogens with zero attached hydrogens (tertiary/aromatic N) is 4. The average Bonchev–Trinajstić information content (AvgIpc) is 2.79. The summed E-state index contributed by atoms with van der Waals surface area (Å²) in [6, 6.07) is 12.9. The first-order valence-corrected chi connectivity index (χ1v) is 11.7. The number of carbonyl (C=O) groups is 1. The lowest BCUT2D eigenvalue weighted by Crippen LogP contribution is -2.50. The van der Waals surface area contributed by atoms with Crippen LogP contribution < -0.4 is 5.56 Å². The van der Waals surface area contributed by atoms with Gasteiger partial charge in [0.2, 0.25) is 10.0 Å². The van der Waals surface area contributed by atoms with Gasteiger partial charge >= 0.3 is 0 Å². The maximum atomic E-state index is 13.2. The standard InChI is InChI=1S/C21H21ClN4O4S/c1-2-26-20(27)18-6-4-3-5-17(18)19(23-26)21(28)24-11-13-25(14-12-24)31(29,30)16-9-7-15(22)8-10-16/h3-10H,2,11-14H2,1H3. The van der Waals surface area contributed by atoms with Crippen molar-refractivity contribution in [2.45, 2.75) is 18.4 Å². The van der Waals surface area contributed by atoms with Crippen molar-refractivity contribution in [1.29, 1.82) is 0 Å². The molecule has 1 fully saturated rings. The first kappa shape index (κ1) is 21.5. The molecule has 162 valence electrons. The molecule has 31 heavy (non-hydrogen) atoms. The Kier molecular flexibility index (Phi) is 5.83. The van der Waals surface area contributed by atoms with Crippen LogP contribution in [0.4, 0.5) is 0 Å². The number of benzene rings is 2. The Balaban J connectivity index is 1.57. The summed E-state index contributed by atoms with van der Waals surface area (Å²) in [5, 5.41) is 5.68. The number of piperazine rings is 1. The van der Waals surface area contributed by atoms with Crippen molar-refractivity contribution in [3.05, 3.63) is 69.6 Å². The average molecular weight is 461 g/mol. The van der Waals surface area contributed by atoms with E-state index >= 15 is 0 Å². The Labute approximate surface area is 184 Å². The zero-order chi connectivity index (χ0) is 22.2. The second-order valence-electron chi connectivity index (χ2n) is 7.17. The maximum absolute atomic E-state index is 13.2. The van der Waals surface area contributed by atoms with Crippen LogP contribution in [0.3, 0.4) is 0 Å². The van der Waals surface area contributed by atoms with Crippen molar-refractivity contribution in [1.82, 2.24) is 19.0 Å². The molecule has 0 atom stereocenters. The number of rotatable bonds is 4. The van der Waals surface area contributed by atoms with Gasteiger partial charge in [-0.25, -0.2) is 13.1 Å². The highest BCUT2D eigenvalue weighted by atomic mass is 35.5. The molecule has 0 aliphatic carbocycles. The number of aryl methyl sites for hydroxylation is 1. The second-order valence-corrected chi connectivity index (χ2v) is 9.54. The van der Waals surface area contributed by atoms with Gasteiger partial charge in [-0.1, -0.05) is 29.8 Å². The van der Waals surface area contributed by atoms with E-state index in [9.17, 15) is 18.0 Å². The van der Waals surface area contributed by atoms with Crippen LogP contribution in [0.1, 0.15) is 17.4 Å². The Hall–Kier alpha value is -2.75. The molecule has 1 aliphatic heterocycles. The lowest BCUT2D eigenvalue weighted by Gasteiger charge is -2.34. The van der Waals surface area contributed by atoms with Crippen LogP contribution >= 0.6 is 11.6 Å². The number of hydrogen-bond donors (Lipinski definition) is 0. The third kappa shape index (κ3) is 3.96. The van der Waals surface area contributed by atoms with Crippen LogP contribution in [-0.4, -0.2) is 59.5 Å². The van der Waals surface area contributed by atoms with Crippen molar-refractivity contribution in [3.63, 3.8) is 0 Å². The Morgan fingerprint density at radius 2 is 1.61 bits per heavy atom. The second kappa shape index (κ2) is 8.41. The van der Waals surface area contributed by atoms with Gasteiger partial charge in [0.1, 0.15) is 0 Å². The summed E-state index contributed by atoms with van der Waals surface area (Å²) < 4.78 is 28.4. The molecule has 0 bridgehead atoms. The molecule has 0 unspecified atom stereocenters. The number of halogens is 1. The van der Waals surface area contributed by atoms with Crippen molar-refractivity contribution in [2.24, 2.45) is 0 Å². The van der Waals surface area contributed by atoms with Gasteiger partial charge in [0, 0.05) is 43.1 Å². The molecule has 0 saturated carbocycles. The fourth-order valence-corrected chi connectivity index (χ4v) is 5.19. The Bertz CT molecular complexity index is 1300. The molecule has 1 aliphatic rings. The Morgan fingerprint density at radius 3 is 2.23 bits per heavy atom. The number of amides is 1. The van der Waals surface area contributed by atoms with E-state index < -0.39 is 10.0 Å². The summed E-state index contributed by atoms with van der Waals surface area (Å²) in [5.41, 5.74) is -0.0421. The van der Waals surface area contributed by atoms with Gasteiger partial charge in [-0.15, -0.1) is 0 Å². The summed E-state index contributed by atoms with van der Waals surface area (Å²) >= 11 is 5.85. The fraction of sp³-hybridized carbons (Fsp3) is 0.286. The molecular weight excluding hydrogens is 440 g/mol. The highest BCUT2D eigenvalue weighted by molar-refractivity contribution is 7.89. The van der Waals surface area contributed by atoms with Gasteiger partial charge < -0.3 is 4.90 Å². The summed E-state index contributed by atoms with van der Waals surface area (Å²) in [4.78, 5) is 27.5. The molecule has 0 spiro atoms. The normalized spacial score (nSPS) is 15.4. The van der Waals surface area contributed by atoms with Crippen LogP contribution in [0.15, 0.2) is 58.2 Å². The predicted molar refractivity (Wildman–Crippen MR) is 118 cm³/mol. The lowest BCUT2D eigenvalue weighted by molar-refractivity contribution is 0.0691. The van der Waals surface area contributed by atoms with Crippen molar-refractivity contribution in [3.8, 4) is 0 Å². The third-order valence-electron chi connectivity index (χ3n) is 5.35. The molecule has 10 heteroatoms. The number of sulfonamides is 1. The molecule has 8 nitrogen and oxygen atoms in total. The van der Waals surface area contributed by atoms with Crippen LogP contribution in [0, 0.1) is 0 Å². The molecule has 2 aromatic carbocycles. The van der Waals surface area contributed by atoms with Crippen LogP contribution in [0.25, 0.3) is 10.8 Å². The van der Waals surface area contributed by atoms with Crippen molar-refractivity contribution < 1.29 is 13.2 Å². The van der Waals surface area contributed by atoms with Crippen LogP contribution in [-0.2, 0) is 16.6 Å². The Morgan fingerprint density at radius 1 is 1.00 bits per heavy atom. The molecule has 1 aromatic heterocycles. The SMILES string of the molecule is CCn1nc(C(=O)N2CCN(S(=O)(=O)c3ccc(Cl)cc3)CC2)c2ccccc2c1=O. The van der Waals surface area contributed by atoms with E-state index in [0.717, 1.165) is 0 Å². The first-order valence-electron chi connectivity index (χ1n) is 9.88. The van der Waals surface area contributed by atoms with Gasteiger partial charge in [-0.2, -0.15) is 9.40 Å². The van der Waals surface area contributed by atoms with Gasteiger partial charge in [0.15, 0.2) is 5.69 Å². The van der Waals surface area contributed by atoms with Gasteiger partial charge in [0.05, 0.1) is 10.3 Å². The van der Waals surface area contributed by atoms with Gasteiger partial charge in [-0.05, 0) is 37.3 Å². The van der Waals surface area contributed by atoms with Crippen molar-refractivity contribution in [2.75, 3.05) is 26.2 Å². The number of fused-ring (bicyclic) bond motifs is 1. The minimum absolute atomic E-state index is 0.166. The third-order valence-corrected chi connectivity index (χ3v) is 7.51. The zero-order valence-electron chi connectivity index (χ0n) is 16.9. The van der Waals surface area contributed by atoms with Crippen molar-refractivity contribution >= 4 is 38.3 Å². The summed E-state index contributed by atoms with van der Waals surface area (Å²) in [7, 11) is -3.67. The summed E-state index contributed by atoms with van der Waals surface area (Å²) in [6.45, 7) is 2.93. The quantitative estimate of drug-likeness (QED) is 0.595. The topological polar surface area (TPSA) is 92.6 Å². The molecule has 4 rings (SSSR count). The smallest absolute Gasteiger partial charge is 0.275 e.